The number of piperidine rings is 1. The molecule has 31 heavy (non-hydrogen) atoms. The molecule has 1 atom stereocenters. The SMILES string of the molecule is CCc1cccc(NC(=O)[C@H]2CCCN(S(=O)(=O)c3ccc4[nH]c(=O)ccc4c3)C2)c1. The van der Waals surface area contributed by atoms with E-state index < -0.39 is 15.9 Å². The number of H-pyrrole nitrogens is 1. The van der Waals surface area contributed by atoms with Crippen LogP contribution in [0.25, 0.3) is 10.9 Å². The molecule has 8 heteroatoms. The van der Waals surface area contributed by atoms with Gasteiger partial charge in [-0.1, -0.05) is 19.1 Å². The average molecular weight is 440 g/mol. The Balaban J connectivity index is 1.52. The monoisotopic (exact) mass is 439 g/mol. The minimum atomic E-state index is -3.75. The molecule has 1 saturated heterocycles. The van der Waals surface area contributed by atoms with Crippen LogP contribution in [0.4, 0.5) is 5.69 Å². The van der Waals surface area contributed by atoms with Gasteiger partial charge in [0.05, 0.1) is 10.8 Å². The number of hydrogen-bond donors (Lipinski definition) is 2. The second-order valence-electron chi connectivity index (χ2n) is 7.82. The highest BCUT2D eigenvalue weighted by Crippen LogP contribution is 2.26. The fourth-order valence-electron chi connectivity index (χ4n) is 3.93. The Morgan fingerprint density at radius 2 is 2.00 bits per heavy atom. The van der Waals surface area contributed by atoms with Gasteiger partial charge >= 0.3 is 0 Å². The van der Waals surface area contributed by atoms with Gasteiger partial charge < -0.3 is 10.3 Å². The molecular formula is C23H25N3O4S. The second-order valence-corrected chi connectivity index (χ2v) is 9.75. The van der Waals surface area contributed by atoms with Crippen LogP contribution in [0, 0.1) is 5.92 Å². The van der Waals surface area contributed by atoms with Gasteiger partial charge in [-0.25, -0.2) is 8.42 Å². The number of amides is 1. The number of benzene rings is 2. The summed E-state index contributed by atoms with van der Waals surface area (Å²) in [6.45, 7) is 2.57. The molecule has 2 aromatic carbocycles. The van der Waals surface area contributed by atoms with Crippen molar-refractivity contribution in [2.45, 2.75) is 31.1 Å². The maximum Gasteiger partial charge on any atom is 0.248 e. The number of carbonyl (C=O) groups is 1. The Morgan fingerprint density at radius 1 is 1.16 bits per heavy atom. The molecule has 2 heterocycles. The molecule has 0 bridgehead atoms. The third kappa shape index (κ3) is 4.55. The molecular weight excluding hydrogens is 414 g/mol. The third-order valence-electron chi connectivity index (χ3n) is 5.69. The van der Waals surface area contributed by atoms with Gasteiger partial charge in [-0.05, 0) is 66.6 Å². The molecule has 0 aliphatic carbocycles. The molecule has 7 nitrogen and oxygen atoms in total. The normalized spacial score (nSPS) is 17.5. The van der Waals surface area contributed by atoms with E-state index in [0.29, 0.717) is 30.3 Å². The van der Waals surface area contributed by atoms with Crippen LogP contribution in [0.5, 0.6) is 0 Å². The van der Waals surface area contributed by atoms with Crippen molar-refractivity contribution < 1.29 is 13.2 Å². The number of anilines is 1. The van der Waals surface area contributed by atoms with Crippen molar-refractivity contribution in [2.24, 2.45) is 5.92 Å². The minimum absolute atomic E-state index is 0.144. The van der Waals surface area contributed by atoms with Gasteiger partial charge in [0.2, 0.25) is 21.5 Å². The third-order valence-corrected chi connectivity index (χ3v) is 7.55. The molecule has 1 amide bonds. The predicted octanol–water partition coefficient (Wildman–Crippen LogP) is 3.13. The molecule has 1 aliphatic rings. The largest absolute Gasteiger partial charge is 0.326 e. The summed E-state index contributed by atoms with van der Waals surface area (Å²) >= 11 is 0. The molecule has 3 aromatic rings. The number of nitrogens with zero attached hydrogens (tertiary/aromatic N) is 1. The highest BCUT2D eigenvalue weighted by molar-refractivity contribution is 7.89. The molecule has 1 fully saturated rings. The molecule has 0 radical (unpaired) electrons. The van der Waals surface area contributed by atoms with Crippen LogP contribution in [-0.4, -0.2) is 36.7 Å². The van der Waals surface area contributed by atoms with Gasteiger partial charge in [0.15, 0.2) is 0 Å². The van der Waals surface area contributed by atoms with Crippen molar-refractivity contribution >= 4 is 32.5 Å². The number of aromatic amines is 1. The quantitative estimate of drug-likeness (QED) is 0.638. The molecule has 162 valence electrons. The van der Waals surface area contributed by atoms with E-state index in [-0.39, 0.29) is 22.9 Å². The molecule has 0 saturated carbocycles. The average Bonchev–Trinajstić information content (AvgIpc) is 2.78. The number of fused-ring (bicyclic) bond motifs is 1. The van der Waals surface area contributed by atoms with Crippen LogP contribution in [0.15, 0.2) is 64.3 Å². The smallest absolute Gasteiger partial charge is 0.248 e. The highest BCUT2D eigenvalue weighted by Gasteiger charge is 2.33. The van der Waals surface area contributed by atoms with Crippen LogP contribution < -0.4 is 10.9 Å². The Labute approximate surface area is 181 Å². The number of aromatic nitrogens is 1. The number of nitrogens with one attached hydrogen (secondary N) is 2. The van der Waals surface area contributed by atoms with E-state index in [9.17, 15) is 18.0 Å². The van der Waals surface area contributed by atoms with Crippen LogP contribution in [0.3, 0.4) is 0 Å². The molecule has 0 unspecified atom stereocenters. The number of rotatable bonds is 5. The lowest BCUT2D eigenvalue weighted by Crippen LogP contribution is -2.43. The van der Waals surface area contributed by atoms with Crippen LogP contribution in [0.2, 0.25) is 0 Å². The summed E-state index contributed by atoms with van der Waals surface area (Å²) in [6.07, 6.45) is 2.14. The fraction of sp³-hybridized carbons (Fsp3) is 0.304. The minimum Gasteiger partial charge on any atom is -0.326 e. The summed E-state index contributed by atoms with van der Waals surface area (Å²) in [4.78, 5) is 27.1. The van der Waals surface area contributed by atoms with Gasteiger partial charge in [-0.15, -0.1) is 0 Å². The lowest BCUT2D eigenvalue weighted by Gasteiger charge is -2.31. The van der Waals surface area contributed by atoms with E-state index in [1.165, 1.54) is 16.4 Å². The van der Waals surface area contributed by atoms with Crippen LogP contribution >= 0.6 is 0 Å². The van der Waals surface area contributed by atoms with Gasteiger partial charge in [0.1, 0.15) is 0 Å². The molecule has 2 N–H and O–H groups in total. The van der Waals surface area contributed by atoms with Crippen molar-refractivity contribution in [1.29, 1.82) is 0 Å². The van der Waals surface area contributed by atoms with E-state index in [1.54, 1.807) is 18.2 Å². The van der Waals surface area contributed by atoms with Crippen LogP contribution in [0.1, 0.15) is 25.3 Å². The Bertz CT molecular complexity index is 1280. The summed E-state index contributed by atoms with van der Waals surface area (Å²) in [7, 11) is -3.75. The first-order valence-corrected chi connectivity index (χ1v) is 11.8. The number of sulfonamides is 1. The lowest BCUT2D eigenvalue weighted by molar-refractivity contribution is -0.120. The summed E-state index contributed by atoms with van der Waals surface area (Å²) in [5, 5.41) is 3.57. The Kier molecular flexibility index (Phi) is 5.93. The van der Waals surface area contributed by atoms with Crippen molar-refractivity contribution in [3.63, 3.8) is 0 Å². The van der Waals surface area contributed by atoms with Gasteiger partial charge in [-0.3, -0.25) is 9.59 Å². The van der Waals surface area contributed by atoms with E-state index in [0.717, 1.165) is 17.7 Å². The summed E-state index contributed by atoms with van der Waals surface area (Å²) in [6, 6.07) is 15.3. The molecule has 1 aliphatic heterocycles. The lowest BCUT2D eigenvalue weighted by atomic mass is 9.98. The Morgan fingerprint density at radius 3 is 2.81 bits per heavy atom. The van der Waals surface area contributed by atoms with E-state index in [2.05, 4.69) is 17.2 Å². The van der Waals surface area contributed by atoms with E-state index in [1.807, 2.05) is 24.3 Å². The van der Waals surface area contributed by atoms with Gasteiger partial charge in [0.25, 0.3) is 0 Å². The van der Waals surface area contributed by atoms with E-state index >= 15 is 0 Å². The van der Waals surface area contributed by atoms with Gasteiger partial charge in [0, 0.05) is 30.4 Å². The van der Waals surface area contributed by atoms with Crippen molar-refractivity contribution in [3.05, 3.63) is 70.5 Å². The number of pyridine rings is 1. The zero-order valence-electron chi connectivity index (χ0n) is 17.3. The highest BCUT2D eigenvalue weighted by atomic mass is 32.2. The first kappa shape index (κ1) is 21.3. The topological polar surface area (TPSA) is 99.3 Å². The predicted molar refractivity (Wildman–Crippen MR) is 121 cm³/mol. The maximum atomic E-state index is 13.2. The van der Waals surface area contributed by atoms with Crippen molar-refractivity contribution in [2.75, 3.05) is 18.4 Å². The number of carbonyl (C=O) groups excluding carboxylic acids is 1. The first-order valence-electron chi connectivity index (χ1n) is 10.4. The molecule has 4 rings (SSSR count). The summed E-state index contributed by atoms with van der Waals surface area (Å²) in [5.74, 6) is -0.574. The summed E-state index contributed by atoms with van der Waals surface area (Å²) < 4.78 is 27.8. The standard InChI is InChI=1S/C23H25N3O4S/c1-2-16-5-3-7-19(13-16)24-23(28)18-6-4-12-26(15-18)31(29,30)20-9-10-21-17(14-20)8-11-22(27)25-21/h3,5,7-11,13-14,18H,2,4,6,12,15H2,1H3,(H,24,28)(H,25,27)/t18-/m0/s1. The number of hydrogen-bond acceptors (Lipinski definition) is 4. The fourth-order valence-corrected chi connectivity index (χ4v) is 5.49. The van der Waals surface area contributed by atoms with Crippen molar-refractivity contribution in [1.82, 2.24) is 9.29 Å². The molecule has 1 aromatic heterocycles. The first-order chi connectivity index (χ1) is 14.9. The number of aryl methyl sites for hydroxylation is 1. The summed E-state index contributed by atoms with van der Waals surface area (Å²) in [5.41, 5.74) is 2.20. The zero-order chi connectivity index (χ0) is 22.0. The maximum absolute atomic E-state index is 13.2. The van der Waals surface area contributed by atoms with Crippen LogP contribution in [-0.2, 0) is 21.2 Å². The van der Waals surface area contributed by atoms with Gasteiger partial charge in [-0.2, -0.15) is 4.31 Å². The Hall–Kier alpha value is -2.97. The van der Waals surface area contributed by atoms with E-state index in [4.69, 9.17) is 0 Å². The molecule has 0 spiro atoms. The zero-order valence-corrected chi connectivity index (χ0v) is 18.1. The van der Waals surface area contributed by atoms with Crippen molar-refractivity contribution in [3.8, 4) is 0 Å². The second kappa shape index (κ2) is 8.64.